The van der Waals surface area contributed by atoms with Crippen LogP contribution in [0.4, 0.5) is 19.0 Å². The molecule has 0 amide bonds. The molecule has 1 N–H and O–H groups in total. The van der Waals surface area contributed by atoms with Crippen LogP contribution in [0.3, 0.4) is 0 Å². The van der Waals surface area contributed by atoms with Gasteiger partial charge in [0.25, 0.3) is 0 Å². The second kappa shape index (κ2) is 4.40. The summed E-state index contributed by atoms with van der Waals surface area (Å²) in [5.41, 5.74) is -2.02. The number of hydrogen-bond donors (Lipinski definition) is 1. The van der Waals surface area contributed by atoms with Crippen molar-refractivity contribution in [1.29, 1.82) is 0 Å². The van der Waals surface area contributed by atoms with Gasteiger partial charge in [0, 0.05) is 12.7 Å². The number of nitrogens with zero attached hydrogens (tertiary/aromatic N) is 2. The van der Waals surface area contributed by atoms with Crippen LogP contribution >= 0.6 is 0 Å². The van der Waals surface area contributed by atoms with Crippen molar-refractivity contribution >= 4 is 11.8 Å². The molecule has 7 heteroatoms. The standard InChI is InChI=1S/C12H13F3N2O2/c1-11(10(18)19)4-2-6-17(11)9-7-8(3-5-16-9)12(13,14)15/h3,5,7H,2,4,6H2,1H3,(H,18,19). The molecule has 2 rings (SSSR count). The fourth-order valence-electron chi connectivity index (χ4n) is 2.30. The number of alkyl halides is 3. The van der Waals surface area contributed by atoms with E-state index >= 15 is 0 Å². The molecule has 1 unspecified atom stereocenters. The Morgan fingerprint density at radius 1 is 1.53 bits per heavy atom. The molecule has 4 nitrogen and oxygen atoms in total. The number of halogens is 3. The van der Waals surface area contributed by atoms with E-state index in [1.165, 1.54) is 11.8 Å². The number of pyridine rings is 1. The first kappa shape index (κ1) is 13.6. The summed E-state index contributed by atoms with van der Waals surface area (Å²) in [6.07, 6.45) is -2.41. The topological polar surface area (TPSA) is 53.4 Å². The third-order valence-corrected chi connectivity index (χ3v) is 3.45. The molecule has 0 bridgehead atoms. The zero-order chi connectivity index (χ0) is 14.3. The lowest BCUT2D eigenvalue weighted by Gasteiger charge is -2.32. The summed E-state index contributed by atoms with van der Waals surface area (Å²) in [4.78, 5) is 16.6. The van der Waals surface area contributed by atoms with Crippen LogP contribution in [0.25, 0.3) is 0 Å². The number of carboxylic acids is 1. The summed E-state index contributed by atoms with van der Waals surface area (Å²) in [5.74, 6) is -0.999. The Hall–Kier alpha value is -1.79. The SMILES string of the molecule is CC1(C(=O)O)CCCN1c1cc(C(F)(F)F)ccn1. The maximum Gasteiger partial charge on any atom is 0.416 e. The third kappa shape index (κ3) is 2.36. The lowest BCUT2D eigenvalue weighted by Crippen LogP contribution is -2.48. The zero-order valence-electron chi connectivity index (χ0n) is 10.2. The Labute approximate surface area is 107 Å². The molecule has 19 heavy (non-hydrogen) atoms. The molecule has 104 valence electrons. The van der Waals surface area contributed by atoms with Gasteiger partial charge in [-0.2, -0.15) is 13.2 Å². The minimum atomic E-state index is -4.46. The van der Waals surface area contributed by atoms with E-state index in [0.717, 1.165) is 18.3 Å². The minimum absolute atomic E-state index is 0.0530. The summed E-state index contributed by atoms with van der Waals surface area (Å²) in [5, 5.41) is 9.24. The molecule has 1 atom stereocenters. The number of aliphatic carboxylic acids is 1. The zero-order valence-corrected chi connectivity index (χ0v) is 10.2. The van der Waals surface area contributed by atoms with Crippen molar-refractivity contribution in [3.63, 3.8) is 0 Å². The van der Waals surface area contributed by atoms with Crippen LogP contribution in [0.15, 0.2) is 18.3 Å². The minimum Gasteiger partial charge on any atom is -0.480 e. The average molecular weight is 274 g/mol. The van der Waals surface area contributed by atoms with Crippen molar-refractivity contribution in [2.75, 3.05) is 11.4 Å². The molecule has 2 heterocycles. The van der Waals surface area contributed by atoms with Crippen LogP contribution in [-0.4, -0.2) is 28.1 Å². The highest BCUT2D eigenvalue weighted by Gasteiger charge is 2.44. The van der Waals surface area contributed by atoms with Crippen LogP contribution in [0, 0.1) is 0 Å². The Bertz CT molecular complexity index is 504. The molecule has 0 aromatic carbocycles. The van der Waals surface area contributed by atoms with Gasteiger partial charge in [-0.3, -0.25) is 0 Å². The van der Waals surface area contributed by atoms with Crippen LogP contribution in [0.1, 0.15) is 25.3 Å². The quantitative estimate of drug-likeness (QED) is 0.900. The Morgan fingerprint density at radius 2 is 2.21 bits per heavy atom. The molecule has 1 aliphatic heterocycles. The fourth-order valence-corrected chi connectivity index (χ4v) is 2.30. The molecule has 0 radical (unpaired) electrons. The van der Waals surface area contributed by atoms with Gasteiger partial charge in [0.1, 0.15) is 11.4 Å². The maximum absolute atomic E-state index is 12.6. The first-order valence-electron chi connectivity index (χ1n) is 5.79. The van der Waals surface area contributed by atoms with Crippen molar-refractivity contribution in [1.82, 2.24) is 4.98 Å². The molecule has 1 fully saturated rings. The van der Waals surface area contributed by atoms with E-state index in [4.69, 9.17) is 0 Å². The number of rotatable bonds is 2. The van der Waals surface area contributed by atoms with E-state index in [1.807, 2.05) is 0 Å². The largest absolute Gasteiger partial charge is 0.480 e. The molecular formula is C12H13F3N2O2. The van der Waals surface area contributed by atoms with Crippen molar-refractivity contribution < 1.29 is 23.1 Å². The summed E-state index contributed by atoms with van der Waals surface area (Å²) < 4.78 is 37.9. The first-order chi connectivity index (χ1) is 8.75. The van der Waals surface area contributed by atoms with E-state index < -0.39 is 23.2 Å². The molecule has 1 saturated heterocycles. The predicted octanol–water partition coefficient (Wildman–Crippen LogP) is 2.54. The molecule has 0 aliphatic carbocycles. The van der Waals surface area contributed by atoms with Gasteiger partial charge in [-0.15, -0.1) is 0 Å². The lowest BCUT2D eigenvalue weighted by molar-refractivity contribution is -0.142. The molecular weight excluding hydrogens is 261 g/mol. The summed E-state index contributed by atoms with van der Waals surface area (Å²) >= 11 is 0. The number of hydrogen-bond acceptors (Lipinski definition) is 3. The summed E-state index contributed by atoms with van der Waals surface area (Å²) in [6, 6.07) is 1.77. The molecule has 0 spiro atoms. The fraction of sp³-hybridized carbons (Fsp3) is 0.500. The first-order valence-corrected chi connectivity index (χ1v) is 5.79. The van der Waals surface area contributed by atoms with E-state index in [2.05, 4.69) is 4.98 Å². The normalized spacial score (nSPS) is 23.7. The van der Waals surface area contributed by atoms with Crippen molar-refractivity contribution in [2.45, 2.75) is 31.5 Å². The Morgan fingerprint density at radius 3 is 2.79 bits per heavy atom. The van der Waals surface area contributed by atoms with Gasteiger partial charge < -0.3 is 10.0 Å². The van der Waals surface area contributed by atoms with Crippen molar-refractivity contribution in [3.8, 4) is 0 Å². The van der Waals surface area contributed by atoms with Gasteiger partial charge in [0.15, 0.2) is 0 Å². The molecule has 0 saturated carbocycles. The van der Waals surface area contributed by atoms with E-state index in [0.29, 0.717) is 19.4 Å². The monoisotopic (exact) mass is 274 g/mol. The van der Waals surface area contributed by atoms with Crippen LogP contribution in [0.2, 0.25) is 0 Å². The van der Waals surface area contributed by atoms with Gasteiger partial charge in [0.05, 0.1) is 5.56 Å². The number of aromatic nitrogens is 1. The van der Waals surface area contributed by atoms with Crippen LogP contribution < -0.4 is 4.90 Å². The summed E-state index contributed by atoms with van der Waals surface area (Å²) in [7, 11) is 0. The lowest BCUT2D eigenvalue weighted by atomic mass is 9.99. The number of anilines is 1. The highest BCUT2D eigenvalue weighted by molar-refractivity contribution is 5.83. The third-order valence-electron chi connectivity index (χ3n) is 3.45. The van der Waals surface area contributed by atoms with Gasteiger partial charge in [-0.1, -0.05) is 0 Å². The molecule has 1 aromatic rings. The van der Waals surface area contributed by atoms with Gasteiger partial charge in [-0.05, 0) is 31.9 Å². The Kier molecular flexibility index (Phi) is 3.15. The van der Waals surface area contributed by atoms with Crippen molar-refractivity contribution in [2.24, 2.45) is 0 Å². The van der Waals surface area contributed by atoms with E-state index in [-0.39, 0.29) is 5.82 Å². The second-order valence-electron chi connectivity index (χ2n) is 4.73. The van der Waals surface area contributed by atoms with E-state index in [1.54, 1.807) is 0 Å². The van der Waals surface area contributed by atoms with Crippen molar-refractivity contribution in [3.05, 3.63) is 23.9 Å². The predicted molar refractivity (Wildman–Crippen MR) is 61.9 cm³/mol. The Balaban J connectivity index is 2.40. The van der Waals surface area contributed by atoms with Crippen LogP contribution in [0.5, 0.6) is 0 Å². The molecule has 1 aliphatic rings. The molecule has 1 aromatic heterocycles. The average Bonchev–Trinajstić information content (AvgIpc) is 2.72. The maximum atomic E-state index is 12.6. The van der Waals surface area contributed by atoms with E-state index in [9.17, 15) is 23.1 Å². The van der Waals surface area contributed by atoms with Gasteiger partial charge in [-0.25, -0.2) is 9.78 Å². The van der Waals surface area contributed by atoms with Gasteiger partial charge >= 0.3 is 12.1 Å². The van der Waals surface area contributed by atoms with Gasteiger partial charge in [0.2, 0.25) is 0 Å². The number of carbonyl (C=O) groups is 1. The summed E-state index contributed by atoms with van der Waals surface area (Å²) in [6.45, 7) is 1.89. The highest BCUT2D eigenvalue weighted by Crippen LogP contribution is 2.36. The number of carboxylic acid groups (broad SMARTS) is 1. The van der Waals surface area contributed by atoms with Crippen LogP contribution in [-0.2, 0) is 11.0 Å². The smallest absolute Gasteiger partial charge is 0.416 e. The highest BCUT2D eigenvalue weighted by atomic mass is 19.4. The second-order valence-corrected chi connectivity index (χ2v) is 4.73.